The first kappa shape index (κ1) is 16.2. The van der Waals surface area contributed by atoms with Crippen molar-refractivity contribution < 1.29 is 27.4 Å². The molecule has 2 unspecified atom stereocenters. The number of hydrogen-bond donors (Lipinski definition) is 2. The Morgan fingerprint density at radius 2 is 2.14 bits per heavy atom. The zero-order valence-electron chi connectivity index (χ0n) is 11.3. The summed E-state index contributed by atoms with van der Waals surface area (Å²) in [7, 11) is 0. The Bertz CT molecular complexity index is 473. The number of hydrogen-bond acceptors (Lipinski definition) is 3. The molecule has 0 amide bonds. The summed E-state index contributed by atoms with van der Waals surface area (Å²) in [5, 5.41) is 12.3. The van der Waals surface area contributed by atoms with Gasteiger partial charge >= 0.3 is 6.18 Å². The molecule has 2 N–H and O–H groups in total. The summed E-state index contributed by atoms with van der Waals surface area (Å²) < 4.78 is 56.7. The summed E-state index contributed by atoms with van der Waals surface area (Å²) in [6.45, 7) is 0.727. The summed E-state index contributed by atoms with van der Waals surface area (Å²) >= 11 is 0. The number of benzene rings is 1. The lowest BCUT2D eigenvalue weighted by Gasteiger charge is -2.20. The van der Waals surface area contributed by atoms with Crippen molar-refractivity contribution in [1.82, 2.24) is 5.32 Å². The first-order chi connectivity index (χ1) is 9.91. The summed E-state index contributed by atoms with van der Waals surface area (Å²) in [5.41, 5.74) is -1.12. The molecule has 0 aliphatic carbocycles. The van der Waals surface area contributed by atoms with Crippen molar-refractivity contribution in [1.29, 1.82) is 0 Å². The third-order valence-electron chi connectivity index (χ3n) is 3.50. The van der Waals surface area contributed by atoms with Crippen molar-refractivity contribution in [3.63, 3.8) is 0 Å². The van der Waals surface area contributed by atoms with Crippen molar-refractivity contribution in [2.75, 3.05) is 19.8 Å². The van der Waals surface area contributed by atoms with E-state index in [2.05, 4.69) is 5.32 Å². The summed E-state index contributed by atoms with van der Waals surface area (Å²) in [6, 6.07) is 2.07. The Morgan fingerprint density at radius 1 is 1.38 bits per heavy atom. The van der Waals surface area contributed by atoms with Gasteiger partial charge in [0.05, 0.1) is 24.3 Å². The predicted molar refractivity (Wildman–Crippen MR) is 68.2 cm³/mol. The highest BCUT2D eigenvalue weighted by atomic mass is 19.4. The molecule has 1 aliphatic heterocycles. The van der Waals surface area contributed by atoms with Crippen LogP contribution in [0.3, 0.4) is 0 Å². The maximum absolute atomic E-state index is 13.2. The molecule has 0 saturated carbocycles. The molecule has 1 heterocycles. The molecule has 0 spiro atoms. The molecule has 2 atom stereocenters. The molecule has 2 rings (SSSR count). The number of aliphatic hydroxyl groups is 1. The molecule has 1 aromatic carbocycles. The molecule has 1 aliphatic rings. The van der Waals surface area contributed by atoms with Crippen molar-refractivity contribution in [2.45, 2.75) is 31.2 Å². The molecule has 0 aromatic heterocycles. The summed E-state index contributed by atoms with van der Waals surface area (Å²) in [5.74, 6) is -1.32. The molecule has 118 valence electrons. The van der Waals surface area contributed by atoms with E-state index in [1.54, 1.807) is 0 Å². The second-order valence-corrected chi connectivity index (χ2v) is 5.02. The molecule has 21 heavy (non-hydrogen) atoms. The van der Waals surface area contributed by atoms with Crippen LogP contribution in [0.1, 0.15) is 30.0 Å². The number of ether oxygens (including phenoxy) is 1. The molecule has 0 radical (unpaired) electrons. The van der Waals surface area contributed by atoms with Crippen LogP contribution in [0.15, 0.2) is 18.2 Å². The third kappa shape index (κ3) is 4.15. The first-order valence-corrected chi connectivity index (χ1v) is 6.74. The second-order valence-electron chi connectivity index (χ2n) is 5.02. The van der Waals surface area contributed by atoms with Crippen molar-refractivity contribution >= 4 is 0 Å². The zero-order valence-corrected chi connectivity index (χ0v) is 11.3. The van der Waals surface area contributed by atoms with Crippen molar-refractivity contribution in [3.8, 4) is 0 Å². The minimum Gasteiger partial charge on any atom is -0.394 e. The van der Waals surface area contributed by atoms with E-state index in [0.29, 0.717) is 13.2 Å². The van der Waals surface area contributed by atoms with E-state index < -0.39 is 23.6 Å². The molecule has 3 nitrogen and oxygen atoms in total. The molecule has 0 bridgehead atoms. The second kappa shape index (κ2) is 6.72. The number of halogens is 4. The van der Waals surface area contributed by atoms with Crippen LogP contribution in [0.5, 0.6) is 0 Å². The molecule has 7 heteroatoms. The Labute approximate surface area is 119 Å². The van der Waals surface area contributed by atoms with E-state index in [1.165, 1.54) is 6.07 Å². The zero-order chi connectivity index (χ0) is 15.5. The third-order valence-corrected chi connectivity index (χ3v) is 3.50. The van der Waals surface area contributed by atoms with Gasteiger partial charge < -0.3 is 15.2 Å². The Hall–Kier alpha value is -1.18. The number of aliphatic hydroxyl groups excluding tert-OH is 1. The van der Waals surface area contributed by atoms with Gasteiger partial charge in [-0.25, -0.2) is 4.39 Å². The lowest BCUT2D eigenvalue weighted by molar-refractivity contribution is -0.140. The smallest absolute Gasteiger partial charge is 0.394 e. The molecule has 1 saturated heterocycles. The average molecular weight is 307 g/mol. The minimum absolute atomic E-state index is 0.00147. The highest BCUT2D eigenvalue weighted by Crippen LogP contribution is 2.33. The van der Waals surface area contributed by atoms with E-state index in [9.17, 15) is 22.7 Å². The van der Waals surface area contributed by atoms with E-state index in [4.69, 9.17) is 4.74 Å². The molecular formula is C14H17F4NO2. The average Bonchev–Trinajstić information content (AvgIpc) is 2.93. The monoisotopic (exact) mass is 307 g/mol. The fourth-order valence-corrected chi connectivity index (χ4v) is 2.34. The number of rotatable bonds is 5. The lowest BCUT2D eigenvalue weighted by Crippen LogP contribution is -2.32. The lowest BCUT2D eigenvalue weighted by atomic mass is 10.0. The number of alkyl halides is 3. The highest BCUT2D eigenvalue weighted by molar-refractivity contribution is 5.29. The molecule has 1 fully saturated rings. The van der Waals surface area contributed by atoms with Crippen molar-refractivity contribution in [3.05, 3.63) is 35.1 Å². The summed E-state index contributed by atoms with van der Waals surface area (Å²) in [4.78, 5) is 0. The predicted octanol–water partition coefficient (Wildman–Crippen LogP) is 2.65. The highest BCUT2D eigenvalue weighted by Gasteiger charge is 2.34. The van der Waals surface area contributed by atoms with Crippen molar-refractivity contribution in [2.24, 2.45) is 0 Å². The van der Waals surface area contributed by atoms with E-state index >= 15 is 0 Å². The van der Waals surface area contributed by atoms with Crippen LogP contribution in [0.4, 0.5) is 17.6 Å². The molecular weight excluding hydrogens is 290 g/mol. The largest absolute Gasteiger partial charge is 0.419 e. The summed E-state index contributed by atoms with van der Waals surface area (Å²) in [6.07, 6.45) is -2.93. The topological polar surface area (TPSA) is 41.5 Å². The fourth-order valence-electron chi connectivity index (χ4n) is 2.34. The van der Waals surface area contributed by atoms with Crippen LogP contribution in [0, 0.1) is 5.82 Å². The maximum Gasteiger partial charge on any atom is 0.419 e. The Kier molecular flexibility index (Phi) is 5.18. The van der Waals surface area contributed by atoms with Gasteiger partial charge in [-0.05, 0) is 30.5 Å². The van der Waals surface area contributed by atoms with Crippen LogP contribution in [0.2, 0.25) is 0 Å². The Morgan fingerprint density at radius 3 is 2.71 bits per heavy atom. The Balaban J connectivity index is 2.10. The van der Waals surface area contributed by atoms with Gasteiger partial charge in [-0.15, -0.1) is 0 Å². The standard InChI is InChI=1S/C14H17F4NO2/c15-12-4-3-9(6-11(12)14(16,17)18)13(8-20)19-7-10-2-1-5-21-10/h3-4,6,10,13,19-20H,1-2,5,7-8H2. The fraction of sp³-hybridized carbons (Fsp3) is 0.571. The van der Waals surface area contributed by atoms with E-state index in [-0.39, 0.29) is 18.3 Å². The van der Waals surface area contributed by atoms with Gasteiger partial charge in [0.2, 0.25) is 0 Å². The van der Waals surface area contributed by atoms with Crippen LogP contribution >= 0.6 is 0 Å². The first-order valence-electron chi connectivity index (χ1n) is 6.74. The minimum atomic E-state index is -4.76. The van der Waals surface area contributed by atoms with Gasteiger partial charge in [0.25, 0.3) is 0 Å². The maximum atomic E-state index is 13.2. The van der Waals surface area contributed by atoms with E-state index in [1.807, 2.05) is 0 Å². The van der Waals surface area contributed by atoms with Crippen LogP contribution in [-0.4, -0.2) is 31.0 Å². The van der Waals surface area contributed by atoms with Gasteiger partial charge in [-0.1, -0.05) is 6.07 Å². The SMILES string of the molecule is OCC(NCC1CCCO1)c1ccc(F)c(C(F)(F)F)c1. The van der Waals surface area contributed by atoms with Gasteiger partial charge in [0.1, 0.15) is 5.82 Å². The van der Waals surface area contributed by atoms with Gasteiger partial charge in [-0.2, -0.15) is 13.2 Å². The number of nitrogens with one attached hydrogen (secondary N) is 1. The normalized spacial score (nSPS) is 20.7. The van der Waals surface area contributed by atoms with Crippen LogP contribution in [-0.2, 0) is 10.9 Å². The van der Waals surface area contributed by atoms with Crippen LogP contribution < -0.4 is 5.32 Å². The van der Waals surface area contributed by atoms with E-state index in [0.717, 1.165) is 25.0 Å². The quantitative estimate of drug-likeness (QED) is 0.822. The van der Waals surface area contributed by atoms with Gasteiger partial charge in [0.15, 0.2) is 0 Å². The van der Waals surface area contributed by atoms with Gasteiger partial charge in [-0.3, -0.25) is 0 Å². The van der Waals surface area contributed by atoms with Crippen LogP contribution in [0.25, 0.3) is 0 Å². The van der Waals surface area contributed by atoms with Gasteiger partial charge in [0, 0.05) is 13.2 Å². The molecule has 1 aromatic rings.